The van der Waals surface area contributed by atoms with Crippen molar-refractivity contribution in [2.24, 2.45) is 18.4 Å². The molecule has 5 aliphatic heterocycles. The van der Waals surface area contributed by atoms with Gasteiger partial charge >= 0.3 is 0 Å². The molecule has 4 aromatic carbocycles. The minimum absolute atomic E-state index is 0.0896. The Morgan fingerprint density at radius 1 is 0.789 bits per heavy atom. The van der Waals surface area contributed by atoms with Crippen LogP contribution < -0.4 is 35.8 Å². The minimum atomic E-state index is -2.74. The predicted octanol–water partition coefficient (Wildman–Crippen LogP) is 8.94. The summed E-state index contributed by atoms with van der Waals surface area (Å²) >= 11 is 6.73. The number of ether oxygens (including phenoxy) is 1. The Labute approximate surface area is 447 Å². The van der Waals surface area contributed by atoms with Crippen LogP contribution in [0.4, 0.5) is 34.5 Å². The molecule has 0 bridgehead atoms. The predicted molar refractivity (Wildman–Crippen MR) is 297 cm³/mol. The van der Waals surface area contributed by atoms with E-state index in [0.717, 1.165) is 110 Å². The largest absolute Gasteiger partial charge is 0.494 e. The Bertz CT molecular complexity index is 3290. The first-order valence-corrected chi connectivity index (χ1v) is 29.2. The molecule has 5 aliphatic rings. The van der Waals surface area contributed by atoms with Crippen LogP contribution in [-0.4, -0.2) is 125 Å². The number of amides is 4. The fourth-order valence-electron chi connectivity index (χ4n) is 12.0. The molecule has 1 atom stereocenters. The third-order valence-electron chi connectivity index (χ3n) is 16.1. The van der Waals surface area contributed by atoms with Gasteiger partial charge < -0.3 is 34.6 Å². The Morgan fingerprint density at radius 2 is 1.57 bits per heavy atom. The zero-order valence-electron chi connectivity index (χ0n) is 43.4. The summed E-state index contributed by atoms with van der Waals surface area (Å²) in [7, 11) is 0.839. The van der Waals surface area contributed by atoms with Crippen LogP contribution in [0, 0.1) is 11.3 Å². The molecule has 4 amide bonds. The number of rotatable bonds is 13. The Kier molecular flexibility index (Phi) is 14.0. The van der Waals surface area contributed by atoms with Gasteiger partial charge in [-0.3, -0.25) is 34.1 Å². The van der Waals surface area contributed by atoms with E-state index in [9.17, 15) is 23.7 Å². The number of imide groups is 2. The van der Waals surface area contributed by atoms with E-state index < -0.39 is 30.9 Å². The summed E-state index contributed by atoms with van der Waals surface area (Å²) in [6.07, 6.45) is 12.3. The maximum atomic E-state index is 13.7. The number of hydrogen-bond donors (Lipinski definition) is 3. The number of carbonyl (C=O) groups excluding carboxylic acids is 4. The van der Waals surface area contributed by atoms with Gasteiger partial charge in [-0.1, -0.05) is 48.0 Å². The lowest BCUT2D eigenvalue weighted by Crippen LogP contribution is -2.54. The summed E-state index contributed by atoms with van der Waals surface area (Å²) in [4.78, 5) is 69.2. The fourth-order valence-corrected chi connectivity index (χ4v) is 13.3. The van der Waals surface area contributed by atoms with E-state index in [1.807, 2.05) is 84.8 Å². The van der Waals surface area contributed by atoms with Gasteiger partial charge in [0.25, 0.3) is 11.8 Å². The number of aromatic nitrogens is 4. The Hall–Kier alpha value is -7.07. The van der Waals surface area contributed by atoms with E-state index in [0.29, 0.717) is 56.3 Å². The van der Waals surface area contributed by atoms with E-state index in [4.69, 9.17) is 21.3 Å². The topological polar surface area (TPSA) is 187 Å². The van der Waals surface area contributed by atoms with Gasteiger partial charge in [-0.05, 0) is 124 Å². The SMILES string of the molecule is COc1cc(N2CCC(CN3CCCC4(CCN(c5ccc6c(c5)C(=O)N(C5CCC(=O)NC5=O)C6=O)CC4)C3)CC2)c(-c2cnn(C)c2)cc1Nc1ncc(Cl)c(Nc2ccc(-c3ccccc3)cc2P(C)(C)=O)n1. The van der Waals surface area contributed by atoms with Crippen LogP contribution in [0.1, 0.15) is 72.1 Å². The van der Waals surface area contributed by atoms with Crippen LogP contribution in [-0.2, 0) is 21.2 Å². The molecule has 6 aromatic rings. The molecule has 4 saturated heterocycles. The molecule has 7 heterocycles. The average Bonchev–Trinajstić information content (AvgIpc) is 4.03. The monoisotopic (exact) mass is 1060 g/mol. The molecule has 17 nitrogen and oxygen atoms in total. The van der Waals surface area contributed by atoms with Crippen LogP contribution in [0.15, 0.2) is 97.5 Å². The molecule has 19 heteroatoms. The van der Waals surface area contributed by atoms with Crippen LogP contribution in [0.2, 0.25) is 5.02 Å². The highest BCUT2D eigenvalue weighted by Crippen LogP contribution is 2.45. The lowest BCUT2D eigenvalue weighted by Gasteiger charge is -2.49. The molecule has 0 aliphatic carbocycles. The standard InChI is InChI=1S/C57H63ClN11O6P/c1-65-34-39(31-60-65)42-29-46(62-56-59-32-44(58)52(64-56)61-45-14-11-38(27-50(45)76(3,4)74)37-9-6-5-7-10-37)49(75-2)30-48(42)68-23-17-36(18-24-68)33-66-22-8-19-57(35-66)20-25-67(26-21-57)40-12-13-41-43(28-40)55(73)69(54(41)72)47-15-16-51(70)63-53(47)71/h5-7,9-14,27-32,34,36,47H,8,15-26,33,35H2,1-4H3,(H,63,70,71)(H2,59,61,62,64). The lowest BCUT2D eigenvalue weighted by atomic mass is 9.72. The number of methoxy groups -OCH3 is 1. The van der Waals surface area contributed by atoms with Crippen LogP contribution in [0.5, 0.6) is 5.75 Å². The third kappa shape index (κ3) is 10.3. The first-order chi connectivity index (χ1) is 36.6. The van der Waals surface area contributed by atoms with Crippen LogP contribution in [0.25, 0.3) is 22.3 Å². The second-order valence-electron chi connectivity index (χ2n) is 21.5. The van der Waals surface area contributed by atoms with E-state index in [2.05, 4.69) is 52.9 Å². The first-order valence-electron chi connectivity index (χ1n) is 26.2. The van der Waals surface area contributed by atoms with E-state index >= 15 is 0 Å². The van der Waals surface area contributed by atoms with Gasteiger partial charge in [0.15, 0.2) is 5.82 Å². The molecule has 76 heavy (non-hydrogen) atoms. The molecule has 394 valence electrons. The molecule has 0 saturated carbocycles. The van der Waals surface area contributed by atoms with E-state index in [-0.39, 0.29) is 24.2 Å². The van der Waals surface area contributed by atoms with Crippen molar-refractivity contribution in [1.29, 1.82) is 0 Å². The van der Waals surface area contributed by atoms with Crippen molar-refractivity contribution in [2.45, 2.75) is 57.4 Å². The van der Waals surface area contributed by atoms with Gasteiger partial charge in [-0.25, -0.2) is 4.98 Å². The van der Waals surface area contributed by atoms with Crippen molar-refractivity contribution in [2.75, 3.05) is 86.7 Å². The number of likely N-dealkylation sites (tertiary alicyclic amines) is 1. The van der Waals surface area contributed by atoms with Gasteiger partial charge in [-0.2, -0.15) is 10.1 Å². The zero-order chi connectivity index (χ0) is 52.9. The quantitative estimate of drug-likeness (QED) is 0.0735. The van der Waals surface area contributed by atoms with E-state index in [1.54, 1.807) is 32.7 Å². The van der Waals surface area contributed by atoms with Gasteiger partial charge in [0.1, 0.15) is 24.0 Å². The van der Waals surface area contributed by atoms with Crippen LogP contribution >= 0.6 is 18.7 Å². The average molecular weight is 1060 g/mol. The molecule has 1 unspecified atom stereocenters. The van der Waals surface area contributed by atoms with Gasteiger partial charge in [0.05, 0.1) is 42.0 Å². The third-order valence-corrected chi connectivity index (χ3v) is 17.9. The maximum absolute atomic E-state index is 13.7. The minimum Gasteiger partial charge on any atom is -0.494 e. The maximum Gasteiger partial charge on any atom is 0.262 e. The molecular weight excluding hydrogens is 1000 g/mol. The first kappa shape index (κ1) is 51.1. The molecule has 2 aromatic heterocycles. The number of nitrogens with zero attached hydrogens (tertiary/aromatic N) is 8. The van der Waals surface area contributed by atoms with Crippen molar-refractivity contribution in [3.05, 3.63) is 114 Å². The summed E-state index contributed by atoms with van der Waals surface area (Å²) in [5.74, 6) is -0.0833. The Morgan fingerprint density at radius 3 is 2.29 bits per heavy atom. The normalized spacial score (nSPS) is 19.3. The molecule has 0 radical (unpaired) electrons. The molecular formula is C57H63ClN11O6P. The second-order valence-corrected chi connectivity index (χ2v) is 25.1. The van der Waals surface area contributed by atoms with Gasteiger partial charge in [0, 0.05) is 92.8 Å². The van der Waals surface area contributed by atoms with Crippen molar-refractivity contribution >= 4 is 82.2 Å². The highest BCUT2D eigenvalue weighted by Gasteiger charge is 2.45. The number of halogens is 1. The number of fused-ring (bicyclic) bond motifs is 1. The van der Waals surface area contributed by atoms with E-state index in [1.165, 1.54) is 12.8 Å². The lowest BCUT2D eigenvalue weighted by molar-refractivity contribution is -0.136. The molecule has 3 N–H and O–H groups in total. The summed E-state index contributed by atoms with van der Waals surface area (Å²) in [5, 5.41) is 14.6. The summed E-state index contributed by atoms with van der Waals surface area (Å²) in [5.41, 5.74) is 8.14. The molecule has 4 fully saturated rings. The Balaban J connectivity index is 0.738. The smallest absolute Gasteiger partial charge is 0.262 e. The van der Waals surface area contributed by atoms with Crippen molar-refractivity contribution in [1.82, 2.24) is 34.9 Å². The highest BCUT2D eigenvalue weighted by atomic mass is 35.5. The van der Waals surface area contributed by atoms with Gasteiger partial charge in [0.2, 0.25) is 17.8 Å². The number of nitrogens with one attached hydrogen (secondary N) is 3. The van der Waals surface area contributed by atoms with Crippen LogP contribution in [0.3, 0.4) is 0 Å². The summed E-state index contributed by atoms with van der Waals surface area (Å²) in [6, 6.07) is 24.5. The number of aryl methyl sites for hydroxylation is 1. The highest BCUT2D eigenvalue weighted by molar-refractivity contribution is 7.70. The van der Waals surface area contributed by atoms with Crippen molar-refractivity contribution < 1.29 is 28.5 Å². The molecule has 1 spiro atoms. The summed E-state index contributed by atoms with van der Waals surface area (Å²) < 4.78 is 21.5. The number of hydrogen-bond acceptors (Lipinski definition) is 14. The van der Waals surface area contributed by atoms with Gasteiger partial charge in [-0.15, -0.1) is 0 Å². The number of piperidine rings is 4. The van der Waals surface area contributed by atoms with Crippen molar-refractivity contribution in [3.8, 4) is 28.0 Å². The second kappa shape index (κ2) is 20.8. The number of benzene rings is 4. The number of anilines is 6. The molecule has 11 rings (SSSR count). The van der Waals surface area contributed by atoms with Crippen molar-refractivity contribution in [3.63, 3.8) is 0 Å². The summed E-state index contributed by atoms with van der Waals surface area (Å²) in [6.45, 7) is 10.3. The number of carbonyl (C=O) groups is 4. The fraction of sp³-hybridized carbons (Fsp3) is 0.386. The zero-order valence-corrected chi connectivity index (χ0v) is 45.0.